The Labute approximate surface area is 142 Å². The normalized spacial score (nSPS) is 11.0. The predicted octanol–water partition coefficient (Wildman–Crippen LogP) is 4.28. The van der Waals surface area contributed by atoms with Gasteiger partial charge in [0.25, 0.3) is 0 Å². The van der Waals surface area contributed by atoms with Crippen LogP contribution < -0.4 is 4.74 Å². The SMILES string of the molecule is COC(COc1ccc(C(=O)c2cccs2)c(Cl)c1Cl)OC. The van der Waals surface area contributed by atoms with Crippen LogP contribution in [0, 0.1) is 0 Å². The van der Waals surface area contributed by atoms with E-state index in [4.69, 9.17) is 37.4 Å². The Balaban J connectivity index is 2.20. The van der Waals surface area contributed by atoms with Crippen LogP contribution in [0.3, 0.4) is 0 Å². The molecule has 0 unspecified atom stereocenters. The van der Waals surface area contributed by atoms with Crippen LogP contribution in [-0.4, -0.2) is 32.9 Å². The molecule has 4 nitrogen and oxygen atoms in total. The molecule has 0 fully saturated rings. The molecule has 0 aliphatic carbocycles. The topological polar surface area (TPSA) is 44.8 Å². The van der Waals surface area contributed by atoms with Crippen LogP contribution >= 0.6 is 34.5 Å². The average Bonchev–Trinajstić information content (AvgIpc) is 3.06. The molecule has 2 aromatic rings. The second-order valence-electron chi connectivity index (χ2n) is 4.26. The molecule has 1 aromatic carbocycles. The number of methoxy groups -OCH3 is 2. The van der Waals surface area contributed by atoms with Crippen LogP contribution in [-0.2, 0) is 9.47 Å². The largest absolute Gasteiger partial charge is 0.487 e. The minimum absolute atomic E-state index is 0.154. The third kappa shape index (κ3) is 3.80. The summed E-state index contributed by atoms with van der Waals surface area (Å²) in [6.45, 7) is 0.154. The molecule has 118 valence electrons. The van der Waals surface area contributed by atoms with Crippen molar-refractivity contribution in [3.8, 4) is 5.75 Å². The molecule has 0 N–H and O–H groups in total. The van der Waals surface area contributed by atoms with Crippen molar-refractivity contribution in [2.45, 2.75) is 6.29 Å². The summed E-state index contributed by atoms with van der Waals surface area (Å²) in [7, 11) is 3.02. The van der Waals surface area contributed by atoms with E-state index in [1.807, 2.05) is 5.38 Å². The Morgan fingerprint density at radius 3 is 2.50 bits per heavy atom. The number of benzene rings is 1. The zero-order valence-corrected chi connectivity index (χ0v) is 14.3. The van der Waals surface area contributed by atoms with Gasteiger partial charge in [0.05, 0.1) is 9.90 Å². The third-order valence-electron chi connectivity index (χ3n) is 2.94. The molecular weight excluding hydrogens is 347 g/mol. The molecule has 0 saturated carbocycles. The number of rotatable bonds is 7. The second-order valence-corrected chi connectivity index (χ2v) is 5.96. The summed E-state index contributed by atoms with van der Waals surface area (Å²) in [4.78, 5) is 12.9. The fourth-order valence-electron chi connectivity index (χ4n) is 1.75. The summed E-state index contributed by atoms with van der Waals surface area (Å²) in [5.41, 5.74) is 0.344. The highest BCUT2D eigenvalue weighted by Gasteiger charge is 2.19. The first-order valence-electron chi connectivity index (χ1n) is 6.33. The maximum atomic E-state index is 12.3. The van der Waals surface area contributed by atoms with E-state index >= 15 is 0 Å². The van der Waals surface area contributed by atoms with E-state index in [1.165, 1.54) is 25.6 Å². The Hall–Kier alpha value is -1.11. The number of hydrogen-bond acceptors (Lipinski definition) is 5. The maximum Gasteiger partial charge on any atom is 0.204 e. The standard InChI is InChI=1S/C15H14Cl2O4S/c1-19-12(20-2)8-21-10-6-5-9(13(16)14(10)17)15(18)11-4-3-7-22-11/h3-7,12H,8H2,1-2H3. The van der Waals surface area contributed by atoms with E-state index < -0.39 is 6.29 Å². The number of ketones is 1. The molecule has 1 aromatic heterocycles. The van der Waals surface area contributed by atoms with Crippen LogP contribution in [0.1, 0.15) is 15.2 Å². The predicted molar refractivity (Wildman–Crippen MR) is 87.5 cm³/mol. The van der Waals surface area contributed by atoms with Gasteiger partial charge in [-0.25, -0.2) is 0 Å². The first kappa shape index (κ1) is 17.2. The van der Waals surface area contributed by atoms with Crippen LogP contribution in [0.5, 0.6) is 5.75 Å². The van der Waals surface area contributed by atoms with Crippen molar-refractivity contribution >= 4 is 40.3 Å². The van der Waals surface area contributed by atoms with E-state index in [1.54, 1.807) is 24.3 Å². The highest BCUT2D eigenvalue weighted by Crippen LogP contribution is 2.36. The van der Waals surface area contributed by atoms with E-state index in [9.17, 15) is 4.79 Å². The summed E-state index contributed by atoms with van der Waals surface area (Å²) in [6, 6.07) is 6.75. The summed E-state index contributed by atoms with van der Waals surface area (Å²) >= 11 is 13.7. The Morgan fingerprint density at radius 2 is 1.91 bits per heavy atom. The van der Waals surface area contributed by atoms with Gasteiger partial charge in [-0.15, -0.1) is 11.3 Å². The molecule has 0 aliphatic heterocycles. The second kappa shape index (κ2) is 7.94. The lowest BCUT2D eigenvalue weighted by atomic mass is 10.1. The molecule has 0 radical (unpaired) electrons. The number of hydrogen-bond donors (Lipinski definition) is 0. The van der Waals surface area contributed by atoms with Crippen LogP contribution in [0.15, 0.2) is 29.6 Å². The average molecular weight is 361 g/mol. The summed E-state index contributed by atoms with van der Waals surface area (Å²) in [6.07, 6.45) is -0.512. The number of carbonyl (C=O) groups excluding carboxylic acids is 1. The first-order chi connectivity index (χ1) is 10.6. The van der Waals surface area contributed by atoms with Gasteiger partial charge in [0.15, 0.2) is 6.29 Å². The van der Waals surface area contributed by atoms with Gasteiger partial charge < -0.3 is 14.2 Å². The van der Waals surface area contributed by atoms with Gasteiger partial charge >= 0.3 is 0 Å². The summed E-state index contributed by atoms with van der Waals surface area (Å²) in [5, 5.41) is 2.19. The minimum atomic E-state index is -0.512. The van der Waals surface area contributed by atoms with Gasteiger partial charge in [-0.2, -0.15) is 0 Å². The van der Waals surface area contributed by atoms with Gasteiger partial charge in [-0.3, -0.25) is 4.79 Å². The highest BCUT2D eigenvalue weighted by atomic mass is 35.5. The van der Waals surface area contributed by atoms with E-state index in [0.717, 1.165) is 0 Å². The first-order valence-corrected chi connectivity index (χ1v) is 7.96. The molecular formula is C15H14Cl2O4S. The Kier molecular flexibility index (Phi) is 6.23. The van der Waals surface area contributed by atoms with Crippen molar-refractivity contribution in [1.82, 2.24) is 0 Å². The number of thiophene rings is 1. The van der Waals surface area contributed by atoms with Crippen molar-refractivity contribution in [3.63, 3.8) is 0 Å². The molecule has 0 bridgehead atoms. The van der Waals surface area contributed by atoms with Gasteiger partial charge in [-0.1, -0.05) is 29.3 Å². The van der Waals surface area contributed by atoms with Gasteiger partial charge in [0.2, 0.25) is 5.78 Å². The third-order valence-corrected chi connectivity index (χ3v) is 4.67. The lowest BCUT2D eigenvalue weighted by Crippen LogP contribution is -2.22. The fourth-order valence-corrected chi connectivity index (χ4v) is 2.89. The fraction of sp³-hybridized carbons (Fsp3) is 0.267. The molecule has 2 rings (SSSR count). The molecule has 0 spiro atoms. The summed E-state index contributed by atoms with van der Waals surface area (Å²) < 4.78 is 15.6. The van der Waals surface area contributed by atoms with Crippen molar-refractivity contribution in [1.29, 1.82) is 0 Å². The number of ether oxygens (including phenoxy) is 3. The quantitative estimate of drug-likeness (QED) is 0.545. The monoisotopic (exact) mass is 360 g/mol. The number of carbonyl (C=O) groups is 1. The molecule has 0 aliphatic rings. The van der Waals surface area contributed by atoms with Crippen LogP contribution in [0.25, 0.3) is 0 Å². The molecule has 22 heavy (non-hydrogen) atoms. The van der Waals surface area contributed by atoms with Gasteiger partial charge in [0.1, 0.15) is 17.4 Å². The van der Waals surface area contributed by atoms with E-state index in [-0.39, 0.29) is 22.4 Å². The van der Waals surface area contributed by atoms with Crippen molar-refractivity contribution in [2.24, 2.45) is 0 Å². The van der Waals surface area contributed by atoms with Crippen LogP contribution in [0.2, 0.25) is 10.0 Å². The number of halogens is 2. The lowest BCUT2D eigenvalue weighted by molar-refractivity contribution is -0.121. The lowest BCUT2D eigenvalue weighted by Gasteiger charge is -2.16. The molecule has 7 heteroatoms. The maximum absolute atomic E-state index is 12.3. The van der Waals surface area contributed by atoms with Crippen molar-refractivity contribution in [3.05, 3.63) is 50.1 Å². The van der Waals surface area contributed by atoms with E-state index in [0.29, 0.717) is 16.2 Å². The Morgan fingerprint density at radius 1 is 1.18 bits per heavy atom. The summed E-state index contributed by atoms with van der Waals surface area (Å²) in [5.74, 6) is 0.202. The Bertz CT molecular complexity index is 639. The smallest absolute Gasteiger partial charge is 0.204 e. The highest BCUT2D eigenvalue weighted by molar-refractivity contribution is 7.12. The molecule has 0 atom stereocenters. The van der Waals surface area contributed by atoms with Crippen molar-refractivity contribution < 1.29 is 19.0 Å². The van der Waals surface area contributed by atoms with Gasteiger partial charge in [0, 0.05) is 19.8 Å². The van der Waals surface area contributed by atoms with Crippen LogP contribution in [0.4, 0.5) is 0 Å². The molecule has 1 heterocycles. The zero-order valence-electron chi connectivity index (χ0n) is 12.0. The van der Waals surface area contributed by atoms with Gasteiger partial charge in [-0.05, 0) is 23.6 Å². The zero-order chi connectivity index (χ0) is 16.1. The molecule has 0 saturated heterocycles. The minimum Gasteiger partial charge on any atom is -0.487 e. The van der Waals surface area contributed by atoms with E-state index in [2.05, 4.69) is 0 Å². The molecule has 0 amide bonds. The van der Waals surface area contributed by atoms with Crippen molar-refractivity contribution in [2.75, 3.05) is 20.8 Å².